The smallest absolute Gasteiger partial charge is 0.330 e. The summed E-state index contributed by atoms with van der Waals surface area (Å²) in [5.74, 6) is -0.597. The van der Waals surface area contributed by atoms with Gasteiger partial charge in [-0.1, -0.05) is 17.3 Å². The summed E-state index contributed by atoms with van der Waals surface area (Å²) in [6.07, 6.45) is 3.00. The second-order valence-corrected chi connectivity index (χ2v) is 4.49. The van der Waals surface area contributed by atoms with Crippen molar-refractivity contribution in [2.45, 2.75) is 13.8 Å². The van der Waals surface area contributed by atoms with Gasteiger partial charge in [-0.2, -0.15) is 0 Å². The van der Waals surface area contributed by atoms with Gasteiger partial charge in [-0.05, 0) is 37.6 Å². The fourth-order valence-corrected chi connectivity index (χ4v) is 1.70. The van der Waals surface area contributed by atoms with Crippen LogP contribution in [0.25, 0.3) is 6.08 Å². The summed E-state index contributed by atoms with van der Waals surface area (Å²) in [7, 11) is 0. The normalized spacial score (nSPS) is 10.6. The van der Waals surface area contributed by atoms with E-state index < -0.39 is 0 Å². The van der Waals surface area contributed by atoms with Gasteiger partial charge in [0.05, 0.1) is 12.3 Å². The summed E-state index contributed by atoms with van der Waals surface area (Å²) in [5.41, 5.74) is 2.08. The van der Waals surface area contributed by atoms with Gasteiger partial charge < -0.3 is 14.6 Å². The minimum atomic E-state index is -0.388. The summed E-state index contributed by atoms with van der Waals surface area (Å²) >= 11 is 0. The Morgan fingerprint density at radius 3 is 2.64 bits per heavy atom. The fourth-order valence-electron chi connectivity index (χ4n) is 1.70. The van der Waals surface area contributed by atoms with Crippen molar-refractivity contribution in [3.05, 3.63) is 53.4 Å². The maximum Gasteiger partial charge on any atom is 0.330 e. The fraction of sp³-hybridized carbons (Fsp3) is 0.188. The Kier molecular flexibility index (Phi) is 5.08. The maximum absolute atomic E-state index is 11.9. The Bertz CT molecular complexity index is 686. The molecular weight excluding hydrogens is 284 g/mol. The summed E-state index contributed by atoms with van der Waals surface area (Å²) in [5, 5.41) is 6.36. The molecule has 6 heteroatoms. The lowest BCUT2D eigenvalue weighted by Crippen LogP contribution is -2.10. The van der Waals surface area contributed by atoms with Gasteiger partial charge in [0.15, 0.2) is 0 Å². The van der Waals surface area contributed by atoms with E-state index in [1.54, 1.807) is 50.3 Å². The minimum absolute atomic E-state index is 0.156. The second kappa shape index (κ2) is 7.21. The highest BCUT2D eigenvalue weighted by Gasteiger charge is 2.11. The lowest BCUT2D eigenvalue weighted by molar-refractivity contribution is -0.137. The topological polar surface area (TPSA) is 81.4 Å². The predicted octanol–water partition coefficient (Wildman–Crippen LogP) is 2.81. The van der Waals surface area contributed by atoms with Crippen LogP contribution >= 0.6 is 0 Å². The van der Waals surface area contributed by atoms with Gasteiger partial charge in [0.25, 0.3) is 5.91 Å². The zero-order chi connectivity index (χ0) is 15.9. The highest BCUT2D eigenvalue weighted by molar-refractivity contribution is 6.02. The molecule has 1 aromatic heterocycles. The van der Waals surface area contributed by atoms with Gasteiger partial charge in [0, 0.05) is 17.8 Å². The number of benzene rings is 1. The molecule has 1 amide bonds. The summed E-state index contributed by atoms with van der Waals surface area (Å²) in [4.78, 5) is 23.1. The van der Waals surface area contributed by atoms with E-state index in [2.05, 4.69) is 10.5 Å². The molecule has 2 aromatic rings. The number of hydrogen-bond donors (Lipinski definition) is 1. The monoisotopic (exact) mass is 300 g/mol. The molecule has 0 unspecified atom stereocenters. The van der Waals surface area contributed by atoms with Crippen molar-refractivity contribution in [3.63, 3.8) is 0 Å². The van der Waals surface area contributed by atoms with Crippen molar-refractivity contribution in [3.8, 4) is 0 Å². The van der Waals surface area contributed by atoms with E-state index >= 15 is 0 Å². The largest absolute Gasteiger partial charge is 0.463 e. The molecule has 0 aliphatic heterocycles. The predicted molar refractivity (Wildman–Crippen MR) is 81.3 cm³/mol. The van der Waals surface area contributed by atoms with Crippen LogP contribution < -0.4 is 5.32 Å². The number of hydrogen-bond acceptors (Lipinski definition) is 5. The zero-order valence-corrected chi connectivity index (χ0v) is 12.3. The van der Waals surface area contributed by atoms with Crippen molar-refractivity contribution in [2.75, 3.05) is 11.9 Å². The third-order valence-electron chi connectivity index (χ3n) is 2.72. The third kappa shape index (κ3) is 4.31. The first-order valence-electron chi connectivity index (χ1n) is 6.78. The third-order valence-corrected chi connectivity index (χ3v) is 2.72. The molecule has 6 nitrogen and oxygen atoms in total. The number of anilines is 1. The SMILES string of the molecule is CCOC(=O)C=Cc1ccc(NC(=O)c2cc(C)no2)cc1. The number of esters is 1. The molecule has 22 heavy (non-hydrogen) atoms. The quantitative estimate of drug-likeness (QED) is 0.678. The van der Waals surface area contributed by atoms with Gasteiger partial charge in [-0.3, -0.25) is 4.79 Å². The number of aryl methyl sites for hydroxylation is 1. The van der Waals surface area contributed by atoms with Crippen LogP contribution in [0.15, 0.2) is 40.9 Å². The molecule has 0 aliphatic carbocycles. The van der Waals surface area contributed by atoms with Crippen LogP contribution in [0.5, 0.6) is 0 Å². The van der Waals surface area contributed by atoms with Gasteiger partial charge in [-0.25, -0.2) is 4.79 Å². The molecule has 1 N–H and O–H groups in total. The number of ether oxygens (including phenoxy) is 1. The van der Waals surface area contributed by atoms with E-state index in [-0.39, 0.29) is 17.6 Å². The van der Waals surface area contributed by atoms with Crippen LogP contribution in [0.2, 0.25) is 0 Å². The molecule has 0 aliphatic rings. The van der Waals surface area contributed by atoms with E-state index in [0.29, 0.717) is 18.0 Å². The van der Waals surface area contributed by atoms with E-state index in [1.165, 1.54) is 6.08 Å². The Labute approximate surface area is 127 Å². The van der Waals surface area contributed by atoms with Crippen molar-refractivity contribution in [1.29, 1.82) is 0 Å². The molecule has 0 saturated heterocycles. The Morgan fingerprint density at radius 1 is 1.32 bits per heavy atom. The van der Waals surface area contributed by atoms with Crippen LogP contribution in [-0.2, 0) is 9.53 Å². The maximum atomic E-state index is 11.9. The van der Waals surface area contributed by atoms with Gasteiger partial charge in [-0.15, -0.1) is 0 Å². The lowest BCUT2D eigenvalue weighted by atomic mass is 10.2. The molecule has 0 bridgehead atoms. The number of carbonyl (C=O) groups excluding carboxylic acids is 2. The minimum Gasteiger partial charge on any atom is -0.463 e. The number of nitrogens with zero attached hydrogens (tertiary/aromatic N) is 1. The molecule has 1 heterocycles. The number of nitrogens with one attached hydrogen (secondary N) is 1. The van der Waals surface area contributed by atoms with E-state index in [1.807, 2.05) is 0 Å². The lowest BCUT2D eigenvalue weighted by Gasteiger charge is -2.03. The zero-order valence-electron chi connectivity index (χ0n) is 12.3. The Morgan fingerprint density at radius 2 is 2.05 bits per heavy atom. The molecule has 0 fully saturated rings. The Balaban J connectivity index is 1.97. The van der Waals surface area contributed by atoms with Crippen LogP contribution in [0.1, 0.15) is 28.7 Å². The molecule has 114 valence electrons. The van der Waals surface area contributed by atoms with Crippen LogP contribution in [-0.4, -0.2) is 23.6 Å². The summed E-state index contributed by atoms with van der Waals surface area (Å²) in [6.45, 7) is 3.83. The van der Waals surface area contributed by atoms with Crippen molar-refractivity contribution in [2.24, 2.45) is 0 Å². The summed E-state index contributed by atoms with van der Waals surface area (Å²) in [6, 6.07) is 8.57. The van der Waals surface area contributed by atoms with Crippen LogP contribution in [0.4, 0.5) is 5.69 Å². The molecule has 2 rings (SSSR count). The van der Waals surface area contributed by atoms with Gasteiger partial charge >= 0.3 is 5.97 Å². The first-order chi connectivity index (χ1) is 10.6. The number of carbonyl (C=O) groups is 2. The highest BCUT2D eigenvalue weighted by Crippen LogP contribution is 2.13. The van der Waals surface area contributed by atoms with Crippen molar-refractivity contribution in [1.82, 2.24) is 5.16 Å². The van der Waals surface area contributed by atoms with Crippen LogP contribution in [0, 0.1) is 6.92 Å². The standard InChI is InChI=1S/C16H16N2O4/c1-3-21-15(19)9-6-12-4-7-13(8-5-12)17-16(20)14-10-11(2)18-22-14/h4-10H,3H2,1-2H3,(H,17,20). The second-order valence-electron chi connectivity index (χ2n) is 4.49. The van der Waals surface area contributed by atoms with Gasteiger partial charge in [0.2, 0.25) is 5.76 Å². The van der Waals surface area contributed by atoms with E-state index in [4.69, 9.17) is 9.26 Å². The van der Waals surface area contributed by atoms with Crippen molar-refractivity contribution < 1.29 is 18.8 Å². The van der Waals surface area contributed by atoms with E-state index in [0.717, 1.165) is 5.56 Å². The first-order valence-corrected chi connectivity index (χ1v) is 6.78. The molecule has 0 saturated carbocycles. The Hall–Kier alpha value is -2.89. The molecule has 0 radical (unpaired) electrons. The van der Waals surface area contributed by atoms with Crippen molar-refractivity contribution >= 4 is 23.6 Å². The molecule has 0 spiro atoms. The highest BCUT2D eigenvalue weighted by atomic mass is 16.5. The molecule has 1 aromatic carbocycles. The average Bonchev–Trinajstić information content (AvgIpc) is 2.93. The van der Waals surface area contributed by atoms with Gasteiger partial charge in [0.1, 0.15) is 0 Å². The summed E-state index contributed by atoms with van der Waals surface area (Å²) < 4.78 is 9.68. The number of amides is 1. The molecular formula is C16H16N2O4. The molecule has 0 atom stereocenters. The average molecular weight is 300 g/mol. The first kappa shape index (κ1) is 15.5. The number of rotatable bonds is 5. The van der Waals surface area contributed by atoms with E-state index in [9.17, 15) is 9.59 Å². The van der Waals surface area contributed by atoms with Crippen LogP contribution in [0.3, 0.4) is 0 Å². The number of aromatic nitrogens is 1.